The predicted octanol–water partition coefficient (Wildman–Crippen LogP) is 5.01. The zero-order valence-electron chi connectivity index (χ0n) is 25.3. The number of rotatable bonds is 6. The van der Waals surface area contributed by atoms with Crippen LogP contribution in [0.1, 0.15) is 107 Å². The molecule has 38 heavy (non-hydrogen) atoms. The zero-order valence-corrected chi connectivity index (χ0v) is 25.3. The molecule has 0 aromatic carbocycles. The van der Waals surface area contributed by atoms with Crippen molar-refractivity contribution in [3.8, 4) is 0 Å². The molecule has 3 saturated carbocycles. The highest BCUT2D eigenvalue weighted by atomic mass is 16.5. The largest absolute Gasteiger partial charge is 0.462 e. The Balaban J connectivity index is 1.68. The molecule has 4 N–H and O–H groups in total. The first-order chi connectivity index (χ1) is 17.3. The van der Waals surface area contributed by atoms with Crippen molar-refractivity contribution in [3.63, 3.8) is 0 Å². The summed E-state index contributed by atoms with van der Waals surface area (Å²) in [5, 5.41) is 42.5. The summed E-state index contributed by atoms with van der Waals surface area (Å²) < 4.78 is 6.21. The van der Waals surface area contributed by atoms with Crippen molar-refractivity contribution in [2.75, 3.05) is 0 Å². The van der Waals surface area contributed by atoms with Crippen molar-refractivity contribution >= 4 is 5.97 Å². The second-order valence-electron chi connectivity index (χ2n) is 15.4. The molecular weight excluding hydrogens is 480 g/mol. The lowest BCUT2D eigenvalue weighted by Crippen LogP contribution is -2.66. The second-order valence-corrected chi connectivity index (χ2v) is 15.4. The van der Waals surface area contributed by atoms with Crippen molar-refractivity contribution in [1.82, 2.24) is 0 Å². The van der Waals surface area contributed by atoms with Gasteiger partial charge < -0.3 is 25.2 Å². The maximum atomic E-state index is 12.4. The van der Waals surface area contributed by atoms with Gasteiger partial charge in [-0.2, -0.15) is 0 Å². The summed E-state index contributed by atoms with van der Waals surface area (Å²) in [7, 11) is 0. The van der Waals surface area contributed by atoms with E-state index in [1.165, 1.54) is 26.3 Å². The van der Waals surface area contributed by atoms with Crippen molar-refractivity contribution in [2.24, 2.45) is 45.3 Å². The molecule has 0 amide bonds. The van der Waals surface area contributed by atoms with Gasteiger partial charge in [-0.1, -0.05) is 53.2 Å². The van der Waals surface area contributed by atoms with E-state index < -0.39 is 17.8 Å². The van der Waals surface area contributed by atoms with Gasteiger partial charge in [0.25, 0.3) is 0 Å². The van der Waals surface area contributed by atoms with Crippen LogP contribution in [0.2, 0.25) is 0 Å². The van der Waals surface area contributed by atoms with Gasteiger partial charge in [0, 0.05) is 12.3 Å². The number of carbonyl (C=O) groups excluding carboxylic acids is 1. The van der Waals surface area contributed by atoms with Crippen LogP contribution in [0.25, 0.3) is 0 Å². The Morgan fingerprint density at radius 3 is 2.32 bits per heavy atom. The van der Waals surface area contributed by atoms with E-state index in [0.29, 0.717) is 18.3 Å². The van der Waals surface area contributed by atoms with Gasteiger partial charge in [-0.3, -0.25) is 4.79 Å². The van der Waals surface area contributed by atoms with E-state index in [9.17, 15) is 25.2 Å². The molecule has 6 heteroatoms. The minimum atomic E-state index is -1.36. The first kappa shape index (κ1) is 30.0. The molecule has 6 nitrogen and oxygen atoms in total. The fraction of sp³-hybridized carbons (Fsp3) is 0.906. The maximum Gasteiger partial charge on any atom is 0.302 e. The Labute approximate surface area is 230 Å². The van der Waals surface area contributed by atoms with E-state index >= 15 is 0 Å². The Bertz CT molecular complexity index is 950. The summed E-state index contributed by atoms with van der Waals surface area (Å²) in [5.41, 5.74) is -0.526. The number of hydrogen-bond acceptors (Lipinski definition) is 6. The van der Waals surface area contributed by atoms with Crippen molar-refractivity contribution in [2.45, 2.75) is 137 Å². The van der Waals surface area contributed by atoms with Gasteiger partial charge in [-0.25, -0.2) is 0 Å². The quantitative estimate of drug-likeness (QED) is 0.282. The van der Waals surface area contributed by atoms with Gasteiger partial charge in [0.15, 0.2) is 0 Å². The van der Waals surface area contributed by atoms with Crippen LogP contribution in [0.4, 0.5) is 0 Å². The molecule has 0 spiro atoms. The van der Waals surface area contributed by atoms with E-state index in [1.807, 2.05) is 0 Å². The van der Waals surface area contributed by atoms with Crippen LogP contribution >= 0.6 is 0 Å². The lowest BCUT2D eigenvalue weighted by molar-refractivity contribution is -0.222. The summed E-state index contributed by atoms with van der Waals surface area (Å²) in [4.78, 5) is 12.4. The number of fused-ring (bicyclic) bond motifs is 5. The number of aliphatic hydroxyl groups is 4. The van der Waals surface area contributed by atoms with Crippen LogP contribution in [0.5, 0.6) is 0 Å². The zero-order chi connectivity index (χ0) is 28.6. The van der Waals surface area contributed by atoms with E-state index in [-0.39, 0.29) is 51.7 Å². The van der Waals surface area contributed by atoms with Crippen LogP contribution in [0.15, 0.2) is 11.6 Å². The first-order valence-electron chi connectivity index (χ1n) is 15.0. The lowest BCUT2D eigenvalue weighted by atomic mass is 9.37. The molecule has 0 aromatic rings. The number of carbonyl (C=O) groups is 1. The van der Waals surface area contributed by atoms with E-state index in [0.717, 1.165) is 38.5 Å². The van der Waals surface area contributed by atoms with Crippen LogP contribution in [0.3, 0.4) is 0 Å². The summed E-state index contributed by atoms with van der Waals surface area (Å²) >= 11 is 0. The number of ether oxygens (including phenoxy) is 1. The van der Waals surface area contributed by atoms with Gasteiger partial charge >= 0.3 is 5.97 Å². The fourth-order valence-corrected chi connectivity index (χ4v) is 10.3. The molecule has 3 fully saturated rings. The molecule has 0 unspecified atom stereocenters. The summed E-state index contributed by atoms with van der Waals surface area (Å²) in [5.74, 6) is 0.810. The molecule has 4 aliphatic rings. The molecule has 0 radical (unpaired) electrons. The van der Waals surface area contributed by atoms with Crippen LogP contribution in [-0.2, 0) is 9.53 Å². The normalized spacial score (nSPS) is 44.7. The Hall–Kier alpha value is -0.950. The highest BCUT2D eigenvalue weighted by Crippen LogP contribution is 2.73. The van der Waals surface area contributed by atoms with Crippen LogP contribution in [0, 0.1) is 45.3 Å². The average molecular weight is 535 g/mol. The van der Waals surface area contributed by atoms with Crippen molar-refractivity contribution in [3.05, 3.63) is 11.6 Å². The SMILES string of the molecule is CC(=O)O[C@@H]1C[C@H]2C(C)(C)[C@H](O)CC[C@]2(C)[C@H]2CC[C@]3(C)C(=CC[C@H]3[C@@H](C)C[C@@H](O)[C@H](O)C(C)(C)O)[C@@]21C. The Morgan fingerprint density at radius 1 is 1.11 bits per heavy atom. The minimum absolute atomic E-state index is 0.0486. The molecule has 218 valence electrons. The third kappa shape index (κ3) is 4.40. The summed E-state index contributed by atoms with van der Waals surface area (Å²) in [6, 6.07) is 0. The third-order valence-corrected chi connectivity index (χ3v) is 12.4. The minimum Gasteiger partial charge on any atom is -0.462 e. The topological polar surface area (TPSA) is 107 Å². The first-order valence-corrected chi connectivity index (χ1v) is 15.0. The summed E-state index contributed by atoms with van der Waals surface area (Å²) in [6.45, 7) is 18.3. The molecule has 11 atom stereocenters. The number of hydrogen-bond donors (Lipinski definition) is 4. The van der Waals surface area contributed by atoms with Crippen LogP contribution in [-0.4, -0.2) is 56.4 Å². The Kier molecular flexibility index (Phi) is 7.56. The standard InChI is InChI=1S/C32H54O6/c1-18(16-21(34)27(36)29(5,6)37)20-10-11-22-30(20,7)14-12-23-31(8)15-13-25(35)28(3,4)24(31)17-26(32(22,23)9)38-19(2)33/h11,18,20-21,23-27,34-37H,10,12-17H2,1-9H3/t18-,20-,21+,23+,24-,25+,26+,27-,30-,31+,32-/m0/s1. The number of aliphatic hydroxyl groups excluding tert-OH is 3. The van der Waals surface area contributed by atoms with Gasteiger partial charge in [-0.05, 0) is 98.7 Å². The molecule has 0 heterocycles. The van der Waals surface area contributed by atoms with Crippen molar-refractivity contribution < 1.29 is 30.0 Å². The molecule has 4 rings (SSSR count). The maximum absolute atomic E-state index is 12.4. The Morgan fingerprint density at radius 2 is 1.74 bits per heavy atom. The average Bonchev–Trinajstić information content (AvgIpc) is 3.15. The molecule has 0 bridgehead atoms. The highest BCUT2D eigenvalue weighted by molar-refractivity contribution is 5.66. The monoisotopic (exact) mass is 534 g/mol. The lowest BCUT2D eigenvalue weighted by Gasteiger charge is -2.68. The number of esters is 1. The van der Waals surface area contributed by atoms with Gasteiger partial charge in [0.1, 0.15) is 12.2 Å². The van der Waals surface area contributed by atoms with Gasteiger partial charge in [0.2, 0.25) is 0 Å². The molecule has 0 aromatic heterocycles. The molecular formula is C32H54O6. The molecule has 4 aliphatic carbocycles. The van der Waals surface area contributed by atoms with E-state index in [2.05, 4.69) is 47.6 Å². The molecule has 0 saturated heterocycles. The van der Waals surface area contributed by atoms with Crippen LogP contribution < -0.4 is 0 Å². The summed E-state index contributed by atoms with van der Waals surface area (Å²) in [6.07, 6.45) is 5.58. The fourth-order valence-electron chi connectivity index (χ4n) is 10.3. The smallest absolute Gasteiger partial charge is 0.302 e. The van der Waals surface area contributed by atoms with Gasteiger partial charge in [0.05, 0.1) is 17.8 Å². The number of allylic oxidation sites excluding steroid dienone is 1. The van der Waals surface area contributed by atoms with Crippen molar-refractivity contribution in [1.29, 1.82) is 0 Å². The van der Waals surface area contributed by atoms with E-state index in [4.69, 9.17) is 4.74 Å². The molecule has 0 aliphatic heterocycles. The van der Waals surface area contributed by atoms with E-state index in [1.54, 1.807) is 0 Å². The highest BCUT2D eigenvalue weighted by Gasteiger charge is 2.69. The van der Waals surface area contributed by atoms with Gasteiger partial charge in [-0.15, -0.1) is 0 Å². The third-order valence-electron chi connectivity index (χ3n) is 12.4. The second kappa shape index (κ2) is 9.56. The predicted molar refractivity (Wildman–Crippen MR) is 148 cm³/mol.